The molecule has 0 amide bonds. The molecule has 0 N–H and O–H groups in total. The lowest BCUT2D eigenvalue weighted by Crippen LogP contribution is -2.00. The van der Waals surface area contributed by atoms with Crippen LogP contribution in [0.3, 0.4) is 0 Å². The van der Waals surface area contributed by atoms with Crippen molar-refractivity contribution >= 4 is 21.5 Å². The maximum atomic E-state index is 5.13. The molecule has 0 bridgehead atoms. The van der Waals surface area contributed by atoms with Crippen molar-refractivity contribution in [2.45, 2.75) is 6.92 Å². The van der Waals surface area contributed by atoms with Crippen LogP contribution in [-0.4, -0.2) is 19.9 Å². The molecule has 9 rings (SSSR count). The Morgan fingerprint density at radius 3 is 1.39 bits per heavy atom. The summed E-state index contributed by atoms with van der Waals surface area (Å²) in [6, 6.07) is 61.4. The average molecular weight is 653 g/mol. The molecule has 0 aliphatic heterocycles. The zero-order valence-corrected chi connectivity index (χ0v) is 28.0. The van der Waals surface area contributed by atoms with Crippen LogP contribution in [0.1, 0.15) is 5.69 Å². The first-order valence-electron chi connectivity index (χ1n) is 17.1. The van der Waals surface area contributed by atoms with E-state index in [1.165, 1.54) is 27.1 Å². The van der Waals surface area contributed by atoms with Crippen molar-refractivity contribution in [3.63, 3.8) is 0 Å². The van der Waals surface area contributed by atoms with Crippen LogP contribution >= 0.6 is 0 Å². The highest BCUT2D eigenvalue weighted by Crippen LogP contribution is 2.40. The number of aryl methyl sites for hydroxylation is 1. The minimum Gasteiger partial charge on any atom is -0.253 e. The van der Waals surface area contributed by atoms with E-state index in [1.54, 1.807) is 0 Å². The Morgan fingerprint density at radius 2 is 0.804 bits per heavy atom. The maximum Gasteiger partial charge on any atom is 0.164 e. The lowest BCUT2D eigenvalue weighted by molar-refractivity contribution is 1.07. The zero-order valence-electron chi connectivity index (χ0n) is 28.0. The second-order valence-electron chi connectivity index (χ2n) is 12.8. The molecular weight excluding hydrogens is 621 g/mol. The van der Waals surface area contributed by atoms with Crippen LogP contribution in [0.15, 0.2) is 176 Å². The van der Waals surface area contributed by atoms with Crippen LogP contribution in [0.5, 0.6) is 0 Å². The molecule has 0 unspecified atom stereocenters. The Labute approximate surface area is 296 Å². The van der Waals surface area contributed by atoms with E-state index in [4.69, 9.17) is 19.9 Å². The van der Waals surface area contributed by atoms with E-state index < -0.39 is 0 Å². The second-order valence-corrected chi connectivity index (χ2v) is 12.8. The van der Waals surface area contributed by atoms with Gasteiger partial charge in [-0.3, -0.25) is 4.98 Å². The monoisotopic (exact) mass is 652 g/mol. The number of hydrogen-bond donors (Lipinski definition) is 0. The van der Waals surface area contributed by atoms with E-state index in [0.29, 0.717) is 17.5 Å². The number of rotatable bonds is 6. The molecule has 0 spiro atoms. The smallest absolute Gasteiger partial charge is 0.164 e. The summed E-state index contributed by atoms with van der Waals surface area (Å²) >= 11 is 0. The third-order valence-corrected chi connectivity index (χ3v) is 9.35. The molecular formula is C47H32N4. The fraction of sp³-hybridized carbons (Fsp3) is 0.0213. The fourth-order valence-corrected chi connectivity index (χ4v) is 6.87. The molecule has 51 heavy (non-hydrogen) atoms. The molecule has 2 aromatic heterocycles. The van der Waals surface area contributed by atoms with E-state index in [-0.39, 0.29) is 0 Å². The van der Waals surface area contributed by atoms with Gasteiger partial charge in [-0.1, -0.05) is 140 Å². The van der Waals surface area contributed by atoms with E-state index in [0.717, 1.165) is 50.3 Å². The molecule has 4 nitrogen and oxygen atoms in total. The van der Waals surface area contributed by atoms with Gasteiger partial charge in [0.15, 0.2) is 17.5 Å². The molecule has 9 aromatic rings. The third-order valence-electron chi connectivity index (χ3n) is 9.35. The van der Waals surface area contributed by atoms with Crippen LogP contribution in [0, 0.1) is 6.92 Å². The first-order chi connectivity index (χ1) is 25.2. The molecule has 0 radical (unpaired) electrons. The lowest BCUT2D eigenvalue weighted by atomic mass is 9.89. The standard InChI is InChI=1S/C47H32N4/c1-31-13-12-22-43(48-31)33-25-23-32(24-26-33)38-28-39(44-41-20-10-8-18-36(41)27-37-19-9-11-21-42(37)44)30-40(29-38)47-50-45(34-14-4-2-5-15-34)49-46(51-47)35-16-6-3-7-17-35/h2-30H,1H3. The third kappa shape index (κ3) is 5.94. The molecule has 0 fully saturated rings. The van der Waals surface area contributed by atoms with Gasteiger partial charge in [-0.2, -0.15) is 0 Å². The number of nitrogens with zero attached hydrogens (tertiary/aromatic N) is 4. The highest BCUT2D eigenvalue weighted by atomic mass is 15.0. The van der Waals surface area contributed by atoms with Crippen LogP contribution in [0.25, 0.3) is 89.2 Å². The minimum atomic E-state index is 0.621. The summed E-state index contributed by atoms with van der Waals surface area (Å²) in [7, 11) is 0. The molecule has 0 saturated heterocycles. The predicted octanol–water partition coefficient (Wildman–Crippen LogP) is 11.9. The summed E-state index contributed by atoms with van der Waals surface area (Å²) < 4.78 is 0. The summed E-state index contributed by atoms with van der Waals surface area (Å²) in [5, 5.41) is 4.80. The summed E-state index contributed by atoms with van der Waals surface area (Å²) in [6.45, 7) is 2.02. The largest absolute Gasteiger partial charge is 0.253 e. The van der Waals surface area contributed by atoms with E-state index in [1.807, 2.05) is 73.7 Å². The Morgan fingerprint density at radius 1 is 0.314 bits per heavy atom. The molecule has 0 atom stereocenters. The molecule has 4 heteroatoms. The van der Waals surface area contributed by atoms with E-state index in [9.17, 15) is 0 Å². The average Bonchev–Trinajstić information content (AvgIpc) is 3.20. The molecule has 0 aliphatic carbocycles. The van der Waals surface area contributed by atoms with Gasteiger partial charge in [-0.25, -0.2) is 15.0 Å². The Kier molecular flexibility index (Phi) is 7.67. The van der Waals surface area contributed by atoms with Crippen LogP contribution < -0.4 is 0 Å². The number of fused-ring (bicyclic) bond motifs is 2. The number of hydrogen-bond acceptors (Lipinski definition) is 4. The van der Waals surface area contributed by atoms with E-state index >= 15 is 0 Å². The maximum absolute atomic E-state index is 5.13. The van der Waals surface area contributed by atoms with Crippen molar-refractivity contribution in [2.75, 3.05) is 0 Å². The van der Waals surface area contributed by atoms with Crippen molar-refractivity contribution in [1.82, 2.24) is 19.9 Å². The van der Waals surface area contributed by atoms with Gasteiger partial charge in [0.25, 0.3) is 0 Å². The molecule has 0 aliphatic rings. The zero-order chi connectivity index (χ0) is 34.1. The van der Waals surface area contributed by atoms with Crippen molar-refractivity contribution in [1.29, 1.82) is 0 Å². The van der Waals surface area contributed by atoms with Gasteiger partial charge in [-0.05, 0) is 87.1 Å². The van der Waals surface area contributed by atoms with Crippen molar-refractivity contribution in [3.8, 4) is 67.7 Å². The summed E-state index contributed by atoms with van der Waals surface area (Å²) in [5.41, 5.74) is 10.3. The van der Waals surface area contributed by atoms with Gasteiger partial charge >= 0.3 is 0 Å². The topological polar surface area (TPSA) is 51.6 Å². The Hall–Kier alpha value is -6.78. The molecule has 240 valence electrons. The van der Waals surface area contributed by atoms with Crippen molar-refractivity contribution < 1.29 is 0 Å². The van der Waals surface area contributed by atoms with Crippen LogP contribution in [0.2, 0.25) is 0 Å². The highest BCUT2D eigenvalue weighted by molar-refractivity contribution is 6.13. The fourth-order valence-electron chi connectivity index (χ4n) is 6.87. The summed E-state index contributed by atoms with van der Waals surface area (Å²) in [6.07, 6.45) is 0. The summed E-state index contributed by atoms with van der Waals surface area (Å²) in [5.74, 6) is 1.89. The van der Waals surface area contributed by atoms with Gasteiger partial charge < -0.3 is 0 Å². The highest BCUT2D eigenvalue weighted by Gasteiger charge is 2.17. The van der Waals surface area contributed by atoms with Gasteiger partial charge in [0.2, 0.25) is 0 Å². The molecule has 0 saturated carbocycles. The SMILES string of the molecule is Cc1cccc(-c2ccc(-c3cc(-c4nc(-c5ccccc5)nc(-c5ccccc5)n4)cc(-c4c5ccccc5cc5ccccc45)c3)cc2)n1. The van der Waals surface area contributed by atoms with Crippen molar-refractivity contribution in [2.24, 2.45) is 0 Å². The number of pyridine rings is 1. The minimum absolute atomic E-state index is 0.621. The van der Waals surface area contributed by atoms with Crippen LogP contribution in [-0.2, 0) is 0 Å². The van der Waals surface area contributed by atoms with Gasteiger partial charge in [0, 0.05) is 27.9 Å². The van der Waals surface area contributed by atoms with Crippen LogP contribution in [0.4, 0.5) is 0 Å². The predicted molar refractivity (Wildman–Crippen MR) is 210 cm³/mol. The first kappa shape index (κ1) is 30.3. The molecule has 7 aromatic carbocycles. The van der Waals surface area contributed by atoms with Gasteiger partial charge in [0.05, 0.1) is 5.69 Å². The Bertz CT molecular complexity index is 2570. The normalized spacial score (nSPS) is 11.2. The number of benzene rings is 7. The van der Waals surface area contributed by atoms with E-state index in [2.05, 4.69) is 109 Å². The lowest BCUT2D eigenvalue weighted by Gasteiger charge is -2.16. The first-order valence-corrected chi connectivity index (χ1v) is 17.1. The van der Waals surface area contributed by atoms with Crippen molar-refractivity contribution in [3.05, 3.63) is 182 Å². The van der Waals surface area contributed by atoms with Gasteiger partial charge in [-0.15, -0.1) is 0 Å². The Balaban J connectivity index is 1.30. The summed E-state index contributed by atoms with van der Waals surface area (Å²) in [4.78, 5) is 20.0. The quantitative estimate of drug-likeness (QED) is 0.168. The second kappa shape index (κ2) is 12.9. The molecule has 2 heterocycles. The van der Waals surface area contributed by atoms with Gasteiger partial charge in [0.1, 0.15) is 0 Å². The number of aromatic nitrogens is 4.